The summed E-state index contributed by atoms with van der Waals surface area (Å²) in [4.78, 5) is 24.1. The number of amides is 3. The van der Waals surface area contributed by atoms with E-state index in [1.54, 1.807) is 36.4 Å². The minimum Gasteiger partial charge on any atom is -0.481 e. The number of halogens is 2. The number of aryl methyl sites for hydroxylation is 1. The maximum absolute atomic E-state index is 13.6. The van der Waals surface area contributed by atoms with Crippen molar-refractivity contribution in [1.82, 2.24) is 5.32 Å². The van der Waals surface area contributed by atoms with E-state index in [4.69, 9.17) is 4.74 Å². The first-order valence-electron chi connectivity index (χ1n) is 9.40. The molecule has 0 aromatic heterocycles. The molecule has 3 amide bonds. The first-order valence-corrected chi connectivity index (χ1v) is 9.40. The highest BCUT2D eigenvalue weighted by molar-refractivity contribution is 5.96. The van der Waals surface area contributed by atoms with Gasteiger partial charge in [-0.15, -0.1) is 0 Å². The van der Waals surface area contributed by atoms with Gasteiger partial charge in [-0.3, -0.25) is 4.79 Å². The molecular weight excluding hydrogens is 380 g/mol. The molecule has 8 heteroatoms. The van der Waals surface area contributed by atoms with E-state index in [0.29, 0.717) is 35.5 Å². The Morgan fingerprint density at radius 1 is 1.24 bits per heavy atom. The second kappa shape index (κ2) is 7.35. The van der Waals surface area contributed by atoms with E-state index in [1.165, 1.54) is 6.92 Å². The summed E-state index contributed by atoms with van der Waals surface area (Å²) in [7, 11) is 0. The van der Waals surface area contributed by atoms with Crippen molar-refractivity contribution < 1.29 is 23.1 Å². The number of alkyl halides is 2. The maximum Gasteiger partial charge on any atom is 0.319 e. The first-order chi connectivity index (χ1) is 13.8. The second-order valence-corrected chi connectivity index (χ2v) is 7.53. The average molecular weight is 401 g/mol. The van der Waals surface area contributed by atoms with E-state index in [2.05, 4.69) is 16.0 Å². The molecular formula is C21H21F2N3O3. The number of fused-ring (bicyclic) bond motifs is 2. The largest absolute Gasteiger partial charge is 0.481 e. The number of benzene rings is 2. The Bertz CT molecular complexity index is 966. The van der Waals surface area contributed by atoms with Crippen LogP contribution in [0.15, 0.2) is 42.5 Å². The van der Waals surface area contributed by atoms with Crippen LogP contribution in [0.1, 0.15) is 36.9 Å². The van der Waals surface area contributed by atoms with Gasteiger partial charge in [-0.1, -0.05) is 24.3 Å². The topological polar surface area (TPSA) is 79.5 Å². The van der Waals surface area contributed by atoms with Gasteiger partial charge in [0, 0.05) is 29.8 Å². The van der Waals surface area contributed by atoms with Gasteiger partial charge in [0.2, 0.25) is 5.91 Å². The third-order valence-electron chi connectivity index (χ3n) is 5.28. The van der Waals surface area contributed by atoms with E-state index in [1.807, 2.05) is 6.07 Å². The van der Waals surface area contributed by atoms with Gasteiger partial charge in [0.1, 0.15) is 5.75 Å². The Labute approximate surface area is 166 Å². The summed E-state index contributed by atoms with van der Waals surface area (Å²) in [6.45, 7) is 1.34. The number of anilines is 2. The molecule has 0 bridgehead atoms. The molecule has 0 saturated heterocycles. The van der Waals surface area contributed by atoms with Crippen molar-refractivity contribution in [3.05, 3.63) is 53.6 Å². The van der Waals surface area contributed by atoms with Crippen LogP contribution < -0.4 is 20.7 Å². The van der Waals surface area contributed by atoms with Gasteiger partial charge >= 0.3 is 6.03 Å². The zero-order chi connectivity index (χ0) is 20.6. The van der Waals surface area contributed by atoms with E-state index in [9.17, 15) is 18.4 Å². The highest BCUT2D eigenvalue weighted by Gasteiger charge is 2.44. The number of hydrogen-bond acceptors (Lipinski definition) is 3. The number of urea groups is 1. The highest BCUT2D eigenvalue weighted by atomic mass is 19.3. The normalized spacial score (nSPS) is 22.8. The summed E-state index contributed by atoms with van der Waals surface area (Å²) < 4.78 is 32.6. The molecule has 2 aromatic rings. The van der Waals surface area contributed by atoms with Gasteiger partial charge in [0.15, 0.2) is 5.60 Å². The van der Waals surface area contributed by atoms with Gasteiger partial charge in [-0.05, 0) is 37.1 Å². The van der Waals surface area contributed by atoms with Crippen LogP contribution in [0.2, 0.25) is 0 Å². The van der Waals surface area contributed by atoms with Crippen LogP contribution in [0.5, 0.6) is 5.75 Å². The molecule has 2 aliphatic heterocycles. The molecule has 29 heavy (non-hydrogen) atoms. The minimum atomic E-state index is -2.70. The summed E-state index contributed by atoms with van der Waals surface area (Å²) in [6.07, 6.45) is -1.67. The van der Waals surface area contributed by atoms with Gasteiger partial charge < -0.3 is 20.7 Å². The van der Waals surface area contributed by atoms with Crippen LogP contribution in [0, 0.1) is 0 Å². The van der Waals surface area contributed by atoms with Crippen LogP contribution in [-0.2, 0) is 11.2 Å². The van der Waals surface area contributed by atoms with Crippen LogP contribution in [-0.4, -0.2) is 24.0 Å². The first kappa shape index (κ1) is 19.2. The van der Waals surface area contributed by atoms with Gasteiger partial charge in [0.05, 0.1) is 6.04 Å². The van der Waals surface area contributed by atoms with E-state index >= 15 is 0 Å². The molecule has 2 atom stereocenters. The Morgan fingerprint density at radius 3 is 2.83 bits per heavy atom. The SMILES string of the molecule is C[C@]1(C(F)F)C[C@@H](NC(=O)Nc2ccc3c(c2)NC(=O)CC3)c2ccccc2O1. The number of rotatable bonds is 3. The molecule has 2 heterocycles. The summed E-state index contributed by atoms with van der Waals surface area (Å²) in [5, 5.41) is 8.26. The predicted molar refractivity (Wildman–Crippen MR) is 104 cm³/mol. The maximum atomic E-state index is 13.6. The molecule has 0 radical (unpaired) electrons. The van der Waals surface area contributed by atoms with E-state index in [0.717, 1.165) is 5.56 Å². The van der Waals surface area contributed by atoms with Gasteiger partial charge in [-0.25, -0.2) is 13.6 Å². The summed E-state index contributed by atoms with van der Waals surface area (Å²) >= 11 is 0. The van der Waals surface area contributed by atoms with Crippen molar-refractivity contribution in [3.8, 4) is 5.75 Å². The Kier molecular flexibility index (Phi) is 4.86. The summed E-state index contributed by atoms with van der Waals surface area (Å²) in [5.74, 6) is 0.271. The van der Waals surface area contributed by atoms with E-state index in [-0.39, 0.29) is 12.3 Å². The Morgan fingerprint density at radius 2 is 2.03 bits per heavy atom. The van der Waals surface area contributed by atoms with Gasteiger partial charge in [-0.2, -0.15) is 0 Å². The lowest BCUT2D eigenvalue weighted by Crippen LogP contribution is -2.48. The van der Waals surface area contributed by atoms with Crippen molar-refractivity contribution in [2.45, 2.75) is 44.3 Å². The lowest BCUT2D eigenvalue weighted by molar-refractivity contribution is -0.116. The molecule has 0 unspecified atom stereocenters. The fourth-order valence-electron chi connectivity index (χ4n) is 3.71. The Balaban J connectivity index is 1.51. The lowest BCUT2D eigenvalue weighted by atomic mass is 9.88. The van der Waals surface area contributed by atoms with Gasteiger partial charge in [0.25, 0.3) is 6.43 Å². The number of carbonyl (C=O) groups is 2. The Hall–Kier alpha value is -3.16. The third kappa shape index (κ3) is 3.87. The van der Waals surface area contributed by atoms with Crippen LogP contribution in [0.25, 0.3) is 0 Å². The molecule has 2 aromatic carbocycles. The van der Waals surface area contributed by atoms with Crippen molar-refractivity contribution >= 4 is 23.3 Å². The third-order valence-corrected chi connectivity index (χ3v) is 5.28. The molecule has 152 valence electrons. The number of carbonyl (C=O) groups excluding carboxylic acids is 2. The second-order valence-electron chi connectivity index (χ2n) is 7.53. The van der Waals surface area contributed by atoms with Crippen molar-refractivity contribution in [2.24, 2.45) is 0 Å². The summed E-state index contributed by atoms with van der Waals surface area (Å²) in [6, 6.07) is 11.0. The van der Waals surface area contributed by atoms with Crippen LogP contribution >= 0.6 is 0 Å². The molecule has 6 nitrogen and oxygen atoms in total. The van der Waals surface area contributed by atoms with E-state index < -0.39 is 24.1 Å². The monoisotopic (exact) mass is 401 g/mol. The summed E-state index contributed by atoms with van der Waals surface area (Å²) in [5.41, 5.74) is 1.13. The predicted octanol–water partition coefficient (Wildman–Crippen LogP) is 4.24. The molecule has 0 aliphatic carbocycles. The molecule has 0 spiro atoms. The molecule has 4 rings (SSSR count). The van der Waals surface area contributed by atoms with Crippen molar-refractivity contribution in [2.75, 3.05) is 10.6 Å². The zero-order valence-corrected chi connectivity index (χ0v) is 15.8. The molecule has 3 N–H and O–H groups in total. The van der Waals surface area contributed by atoms with Crippen LogP contribution in [0.4, 0.5) is 25.0 Å². The van der Waals surface area contributed by atoms with Crippen LogP contribution in [0.3, 0.4) is 0 Å². The molecule has 0 saturated carbocycles. The number of para-hydroxylation sites is 1. The molecule has 2 aliphatic rings. The number of ether oxygens (including phenoxy) is 1. The minimum absolute atomic E-state index is 0.0602. The molecule has 0 fully saturated rings. The zero-order valence-electron chi connectivity index (χ0n) is 15.8. The average Bonchev–Trinajstić information content (AvgIpc) is 2.67. The standard InChI is InChI=1S/C21H21F2N3O3/c1-21(19(22)23)11-16(14-4-2-3-5-17(14)29-21)26-20(28)24-13-8-6-12-7-9-18(27)25-15(12)10-13/h2-6,8,10,16,19H,7,9,11H2,1H3,(H,25,27)(H2,24,26,28)/t16-,21-/m1/s1. The smallest absolute Gasteiger partial charge is 0.319 e. The number of nitrogens with one attached hydrogen (secondary N) is 3. The lowest BCUT2D eigenvalue weighted by Gasteiger charge is -2.39. The fraction of sp³-hybridized carbons (Fsp3) is 0.333. The number of hydrogen-bond donors (Lipinski definition) is 3. The quantitative estimate of drug-likeness (QED) is 0.720. The highest BCUT2D eigenvalue weighted by Crippen LogP contribution is 2.42. The fourth-order valence-corrected chi connectivity index (χ4v) is 3.71. The van der Waals surface area contributed by atoms with Crippen molar-refractivity contribution in [1.29, 1.82) is 0 Å². The van der Waals surface area contributed by atoms with Crippen molar-refractivity contribution in [3.63, 3.8) is 0 Å².